The molecule has 0 radical (unpaired) electrons. The monoisotopic (exact) mass is 224 g/mol. The lowest BCUT2D eigenvalue weighted by Gasteiger charge is -2.23. The Hall–Kier alpha value is -1.29. The van der Waals surface area contributed by atoms with Gasteiger partial charge in [-0.15, -0.1) is 0 Å². The van der Waals surface area contributed by atoms with Crippen molar-refractivity contribution in [1.29, 1.82) is 0 Å². The van der Waals surface area contributed by atoms with Crippen LogP contribution in [0.25, 0.3) is 0 Å². The quantitative estimate of drug-likeness (QED) is 0.772. The van der Waals surface area contributed by atoms with Gasteiger partial charge in [-0.1, -0.05) is 0 Å². The Morgan fingerprint density at radius 2 is 2.25 bits per heavy atom. The van der Waals surface area contributed by atoms with E-state index in [1.165, 1.54) is 12.8 Å². The Balaban J connectivity index is 2.60. The van der Waals surface area contributed by atoms with Crippen LogP contribution in [0, 0.1) is 0 Å². The second-order valence-electron chi connectivity index (χ2n) is 4.26. The number of aromatic nitrogens is 1. The molecule has 1 aromatic heterocycles. The summed E-state index contributed by atoms with van der Waals surface area (Å²) in [5.41, 5.74) is 0.511. The number of nitrogens with one attached hydrogen (secondary N) is 1. The van der Waals surface area contributed by atoms with Crippen LogP contribution in [0.2, 0.25) is 0 Å². The summed E-state index contributed by atoms with van der Waals surface area (Å²) in [6.45, 7) is 7.32. The molecular weight excluding hydrogens is 204 g/mol. The molecule has 0 spiro atoms. The summed E-state index contributed by atoms with van der Waals surface area (Å²) >= 11 is 0. The van der Waals surface area contributed by atoms with Crippen LogP contribution in [0.15, 0.2) is 18.3 Å². The van der Waals surface area contributed by atoms with Crippen molar-refractivity contribution in [2.75, 3.05) is 7.11 Å². The molecule has 4 heteroatoms. The standard InChI is InChI=1S/C12H20N2O2/c1-5-14-8-6-7-10(14)9-13-12(2,3)11(15)16-4/h6-8,13H,5,9H2,1-4H3. The molecule has 0 aliphatic heterocycles. The summed E-state index contributed by atoms with van der Waals surface area (Å²) in [7, 11) is 1.40. The number of ether oxygens (including phenoxy) is 1. The van der Waals surface area contributed by atoms with Gasteiger partial charge in [0.1, 0.15) is 5.54 Å². The van der Waals surface area contributed by atoms with Crippen LogP contribution in [0.1, 0.15) is 26.5 Å². The molecule has 1 heterocycles. The van der Waals surface area contributed by atoms with Crippen LogP contribution in [0.4, 0.5) is 0 Å². The summed E-state index contributed by atoms with van der Waals surface area (Å²) in [4.78, 5) is 11.5. The van der Waals surface area contributed by atoms with Gasteiger partial charge in [-0.3, -0.25) is 10.1 Å². The molecule has 1 N–H and O–H groups in total. The minimum atomic E-state index is -0.655. The molecule has 1 aromatic rings. The maximum atomic E-state index is 11.5. The first-order valence-corrected chi connectivity index (χ1v) is 5.48. The van der Waals surface area contributed by atoms with Crippen molar-refractivity contribution in [3.05, 3.63) is 24.0 Å². The second-order valence-corrected chi connectivity index (χ2v) is 4.26. The molecular formula is C12H20N2O2. The number of rotatable bonds is 5. The van der Waals surface area contributed by atoms with Crippen LogP contribution < -0.4 is 5.32 Å². The highest BCUT2D eigenvalue weighted by Crippen LogP contribution is 2.08. The van der Waals surface area contributed by atoms with Gasteiger partial charge in [-0.05, 0) is 32.9 Å². The third-order valence-corrected chi connectivity index (χ3v) is 2.67. The summed E-state index contributed by atoms with van der Waals surface area (Å²) in [5, 5.41) is 3.19. The van der Waals surface area contributed by atoms with E-state index in [1.807, 2.05) is 32.2 Å². The van der Waals surface area contributed by atoms with Gasteiger partial charge in [0.15, 0.2) is 0 Å². The molecule has 0 aliphatic rings. The fourth-order valence-corrected chi connectivity index (χ4v) is 1.56. The first-order valence-electron chi connectivity index (χ1n) is 5.48. The Morgan fingerprint density at radius 3 is 2.81 bits per heavy atom. The first kappa shape index (κ1) is 12.8. The summed E-state index contributed by atoms with van der Waals surface area (Å²) in [6.07, 6.45) is 2.03. The molecule has 0 unspecified atom stereocenters. The van der Waals surface area contributed by atoms with Gasteiger partial charge in [0.2, 0.25) is 0 Å². The van der Waals surface area contributed by atoms with Crippen LogP contribution in [0.3, 0.4) is 0 Å². The number of hydrogen-bond acceptors (Lipinski definition) is 3. The van der Waals surface area contributed by atoms with E-state index in [4.69, 9.17) is 4.74 Å². The highest BCUT2D eigenvalue weighted by molar-refractivity contribution is 5.79. The van der Waals surface area contributed by atoms with Crippen molar-refractivity contribution in [2.45, 2.75) is 39.4 Å². The van der Waals surface area contributed by atoms with E-state index < -0.39 is 5.54 Å². The molecule has 0 fully saturated rings. The highest BCUT2D eigenvalue weighted by atomic mass is 16.5. The number of esters is 1. The zero-order valence-corrected chi connectivity index (χ0v) is 10.4. The molecule has 0 amide bonds. The minimum Gasteiger partial charge on any atom is -0.468 e. The van der Waals surface area contributed by atoms with Crippen molar-refractivity contribution in [2.24, 2.45) is 0 Å². The average molecular weight is 224 g/mol. The molecule has 1 rings (SSSR count). The minimum absolute atomic E-state index is 0.248. The number of carbonyl (C=O) groups excluding carboxylic acids is 1. The third-order valence-electron chi connectivity index (χ3n) is 2.67. The number of methoxy groups -OCH3 is 1. The van der Waals surface area contributed by atoms with Crippen LogP contribution in [-0.2, 0) is 22.6 Å². The van der Waals surface area contributed by atoms with Crippen molar-refractivity contribution in [3.8, 4) is 0 Å². The number of nitrogens with zero attached hydrogens (tertiary/aromatic N) is 1. The van der Waals surface area contributed by atoms with Gasteiger partial charge in [-0.2, -0.15) is 0 Å². The molecule has 0 saturated heterocycles. The number of aryl methyl sites for hydroxylation is 1. The maximum Gasteiger partial charge on any atom is 0.325 e. The topological polar surface area (TPSA) is 43.3 Å². The fourth-order valence-electron chi connectivity index (χ4n) is 1.56. The molecule has 0 saturated carbocycles. The van der Waals surface area contributed by atoms with Crippen molar-refractivity contribution >= 4 is 5.97 Å². The number of hydrogen-bond donors (Lipinski definition) is 1. The van der Waals surface area contributed by atoms with Crippen LogP contribution in [0.5, 0.6) is 0 Å². The van der Waals surface area contributed by atoms with E-state index in [9.17, 15) is 4.79 Å². The van der Waals surface area contributed by atoms with E-state index in [0.717, 1.165) is 6.54 Å². The zero-order chi connectivity index (χ0) is 12.2. The van der Waals surface area contributed by atoms with Gasteiger partial charge in [-0.25, -0.2) is 0 Å². The highest BCUT2D eigenvalue weighted by Gasteiger charge is 2.27. The van der Waals surface area contributed by atoms with Crippen LogP contribution >= 0.6 is 0 Å². The smallest absolute Gasteiger partial charge is 0.325 e. The van der Waals surface area contributed by atoms with Gasteiger partial charge >= 0.3 is 5.97 Å². The molecule has 0 atom stereocenters. The lowest BCUT2D eigenvalue weighted by Crippen LogP contribution is -2.47. The van der Waals surface area contributed by atoms with Gasteiger partial charge < -0.3 is 9.30 Å². The Bertz CT molecular complexity index is 356. The summed E-state index contributed by atoms with van der Waals surface area (Å²) < 4.78 is 6.87. The predicted octanol–water partition coefficient (Wildman–Crippen LogP) is 1.55. The third kappa shape index (κ3) is 2.85. The van der Waals surface area contributed by atoms with E-state index in [2.05, 4.69) is 16.8 Å². The van der Waals surface area contributed by atoms with Gasteiger partial charge in [0, 0.05) is 25.0 Å². The predicted molar refractivity (Wildman–Crippen MR) is 63.0 cm³/mol. The van der Waals surface area contributed by atoms with E-state index in [-0.39, 0.29) is 5.97 Å². The lowest BCUT2D eigenvalue weighted by atomic mass is 10.1. The van der Waals surface area contributed by atoms with Gasteiger partial charge in [0.05, 0.1) is 7.11 Å². The van der Waals surface area contributed by atoms with E-state index in [0.29, 0.717) is 6.54 Å². The molecule has 0 bridgehead atoms. The van der Waals surface area contributed by atoms with E-state index in [1.54, 1.807) is 0 Å². The molecule has 0 aromatic carbocycles. The van der Waals surface area contributed by atoms with Crippen molar-refractivity contribution in [3.63, 3.8) is 0 Å². The fraction of sp³-hybridized carbons (Fsp3) is 0.583. The SMILES string of the molecule is CCn1cccc1CNC(C)(C)C(=O)OC. The largest absolute Gasteiger partial charge is 0.468 e. The average Bonchev–Trinajstić information content (AvgIpc) is 2.72. The Kier molecular flexibility index (Phi) is 4.12. The normalized spacial score (nSPS) is 11.5. The van der Waals surface area contributed by atoms with Gasteiger partial charge in [0.25, 0.3) is 0 Å². The maximum absolute atomic E-state index is 11.5. The van der Waals surface area contributed by atoms with E-state index >= 15 is 0 Å². The summed E-state index contributed by atoms with van der Waals surface area (Å²) in [6, 6.07) is 4.05. The Morgan fingerprint density at radius 1 is 1.56 bits per heavy atom. The zero-order valence-electron chi connectivity index (χ0n) is 10.4. The van der Waals surface area contributed by atoms with Crippen molar-refractivity contribution < 1.29 is 9.53 Å². The molecule has 4 nitrogen and oxygen atoms in total. The number of carbonyl (C=O) groups is 1. The Labute approximate surface area is 96.6 Å². The molecule has 16 heavy (non-hydrogen) atoms. The molecule has 90 valence electrons. The lowest BCUT2D eigenvalue weighted by molar-refractivity contribution is -0.147. The van der Waals surface area contributed by atoms with Crippen LogP contribution in [-0.4, -0.2) is 23.2 Å². The van der Waals surface area contributed by atoms with Crippen molar-refractivity contribution in [1.82, 2.24) is 9.88 Å². The first-order chi connectivity index (χ1) is 7.51. The second kappa shape index (κ2) is 5.16. The molecule has 0 aliphatic carbocycles. The summed E-state index contributed by atoms with van der Waals surface area (Å²) in [5.74, 6) is -0.248.